The van der Waals surface area contributed by atoms with E-state index in [1.807, 2.05) is 6.26 Å². The molecule has 2 unspecified atom stereocenters. The molecule has 0 spiro atoms. The first kappa shape index (κ1) is 13.2. The Labute approximate surface area is 116 Å². The smallest absolute Gasteiger partial charge is 0.122 e. The summed E-state index contributed by atoms with van der Waals surface area (Å²) in [6.45, 7) is 8.84. The maximum atomic E-state index is 5.70. The van der Waals surface area contributed by atoms with Gasteiger partial charge in [0, 0.05) is 31.2 Å². The molecule has 1 aliphatic heterocycles. The molecule has 106 valence electrons. The SMILES string of the molecule is CC(C)NCc1ccoc1CN1CC2CCCC2C1. The molecule has 1 N–H and O–H groups in total. The standard InChI is InChI=1S/C16H26N2O/c1-12(2)17-8-13-6-7-19-16(13)11-18-9-14-4-3-5-15(14)10-18/h6-7,12,14-15,17H,3-5,8-11H2,1-2H3. The molecule has 19 heavy (non-hydrogen) atoms. The van der Waals surface area contributed by atoms with Crippen molar-refractivity contribution in [1.82, 2.24) is 10.2 Å². The molecule has 0 radical (unpaired) electrons. The van der Waals surface area contributed by atoms with E-state index in [0.717, 1.165) is 30.7 Å². The van der Waals surface area contributed by atoms with Crippen molar-refractivity contribution in [2.24, 2.45) is 11.8 Å². The van der Waals surface area contributed by atoms with E-state index in [0.29, 0.717) is 6.04 Å². The van der Waals surface area contributed by atoms with Crippen molar-refractivity contribution in [2.45, 2.75) is 52.2 Å². The van der Waals surface area contributed by atoms with Crippen LogP contribution in [-0.4, -0.2) is 24.0 Å². The van der Waals surface area contributed by atoms with Gasteiger partial charge < -0.3 is 9.73 Å². The van der Waals surface area contributed by atoms with Crippen LogP contribution in [0.25, 0.3) is 0 Å². The van der Waals surface area contributed by atoms with Crippen LogP contribution in [0.3, 0.4) is 0 Å². The van der Waals surface area contributed by atoms with E-state index in [2.05, 4.69) is 30.1 Å². The third-order valence-corrected chi connectivity index (χ3v) is 4.71. The lowest BCUT2D eigenvalue weighted by Gasteiger charge is -2.16. The van der Waals surface area contributed by atoms with E-state index in [9.17, 15) is 0 Å². The van der Waals surface area contributed by atoms with Crippen LogP contribution in [0.4, 0.5) is 0 Å². The largest absolute Gasteiger partial charge is 0.468 e. The maximum absolute atomic E-state index is 5.70. The highest BCUT2D eigenvalue weighted by molar-refractivity contribution is 5.17. The van der Waals surface area contributed by atoms with Crippen LogP contribution in [0.1, 0.15) is 44.4 Å². The molecule has 1 aliphatic carbocycles. The topological polar surface area (TPSA) is 28.4 Å². The van der Waals surface area contributed by atoms with Crippen molar-refractivity contribution >= 4 is 0 Å². The third-order valence-electron chi connectivity index (χ3n) is 4.71. The number of likely N-dealkylation sites (tertiary alicyclic amines) is 1. The van der Waals surface area contributed by atoms with Crippen LogP contribution in [0.2, 0.25) is 0 Å². The highest BCUT2D eigenvalue weighted by atomic mass is 16.3. The second kappa shape index (κ2) is 5.68. The van der Waals surface area contributed by atoms with Gasteiger partial charge in [0.05, 0.1) is 12.8 Å². The molecule has 3 heteroatoms. The molecule has 2 fully saturated rings. The average Bonchev–Trinajstić information content (AvgIpc) is 3.02. The summed E-state index contributed by atoms with van der Waals surface area (Å²) < 4.78 is 5.70. The molecule has 1 aromatic rings. The van der Waals surface area contributed by atoms with Crippen molar-refractivity contribution in [3.8, 4) is 0 Å². The zero-order valence-corrected chi connectivity index (χ0v) is 12.2. The molecule has 1 saturated carbocycles. The van der Waals surface area contributed by atoms with Crippen LogP contribution < -0.4 is 5.32 Å². The first-order valence-corrected chi connectivity index (χ1v) is 7.73. The minimum Gasteiger partial charge on any atom is -0.468 e. The lowest BCUT2D eigenvalue weighted by molar-refractivity contribution is 0.274. The molecular formula is C16H26N2O. The summed E-state index contributed by atoms with van der Waals surface area (Å²) in [7, 11) is 0. The number of nitrogens with one attached hydrogen (secondary N) is 1. The molecule has 3 rings (SSSR count). The van der Waals surface area contributed by atoms with Gasteiger partial charge in [-0.1, -0.05) is 20.3 Å². The summed E-state index contributed by atoms with van der Waals surface area (Å²) in [6, 6.07) is 2.63. The van der Waals surface area contributed by atoms with Crippen LogP contribution in [0.15, 0.2) is 16.7 Å². The minimum absolute atomic E-state index is 0.522. The van der Waals surface area contributed by atoms with Crippen LogP contribution in [0.5, 0.6) is 0 Å². The first-order valence-electron chi connectivity index (χ1n) is 7.73. The molecule has 0 aromatic carbocycles. The zero-order chi connectivity index (χ0) is 13.2. The quantitative estimate of drug-likeness (QED) is 0.884. The molecule has 2 heterocycles. The summed E-state index contributed by atoms with van der Waals surface area (Å²) in [5.74, 6) is 3.09. The van der Waals surface area contributed by atoms with Crippen LogP contribution >= 0.6 is 0 Å². The number of fused-ring (bicyclic) bond motifs is 1. The van der Waals surface area contributed by atoms with Crippen LogP contribution in [0, 0.1) is 11.8 Å². The van der Waals surface area contributed by atoms with Gasteiger partial charge >= 0.3 is 0 Å². The third kappa shape index (κ3) is 3.03. The lowest BCUT2D eigenvalue weighted by Crippen LogP contribution is -2.24. The average molecular weight is 262 g/mol. The Morgan fingerprint density at radius 1 is 1.32 bits per heavy atom. The van der Waals surface area contributed by atoms with Crippen molar-refractivity contribution < 1.29 is 4.42 Å². The fourth-order valence-electron chi connectivity index (χ4n) is 3.64. The monoisotopic (exact) mass is 262 g/mol. The maximum Gasteiger partial charge on any atom is 0.122 e. The predicted molar refractivity (Wildman–Crippen MR) is 76.8 cm³/mol. The van der Waals surface area contributed by atoms with E-state index < -0.39 is 0 Å². The van der Waals surface area contributed by atoms with Crippen molar-refractivity contribution in [3.05, 3.63) is 23.7 Å². The number of nitrogens with zero attached hydrogens (tertiary/aromatic N) is 1. The zero-order valence-electron chi connectivity index (χ0n) is 12.2. The van der Waals surface area contributed by atoms with Gasteiger partial charge in [0.1, 0.15) is 5.76 Å². The summed E-state index contributed by atoms with van der Waals surface area (Å²) in [5.41, 5.74) is 1.32. The van der Waals surface area contributed by atoms with Gasteiger partial charge in [-0.3, -0.25) is 4.90 Å². The molecule has 1 aromatic heterocycles. The molecule has 0 amide bonds. The number of hydrogen-bond donors (Lipinski definition) is 1. The number of hydrogen-bond acceptors (Lipinski definition) is 3. The summed E-state index contributed by atoms with van der Waals surface area (Å²) in [4.78, 5) is 2.59. The van der Waals surface area contributed by atoms with E-state index >= 15 is 0 Å². The molecule has 2 aliphatic rings. The molecule has 1 saturated heterocycles. The number of rotatable bonds is 5. The van der Waals surface area contributed by atoms with E-state index in [1.165, 1.54) is 37.9 Å². The van der Waals surface area contributed by atoms with Crippen molar-refractivity contribution in [2.75, 3.05) is 13.1 Å². The Bertz CT molecular complexity index is 401. The van der Waals surface area contributed by atoms with Crippen molar-refractivity contribution in [1.29, 1.82) is 0 Å². The van der Waals surface area contributed by atoms with Gasteiger partial charge in [-0.15, -0.1) is 0 Å². The first-order chi connectivity index (χ1) is 9.22. The minimum atomic E-state index is 0.522. The van der Waals surface area contributed by atoms with Crippen molar-refractivity contribution in [3.63, 3.8) is 0 Å². The Morgan fingerprint density at radius 2 is 2.05 bits per heavy atom. The van der Waals surface area contributed by atoms with E-state index in [4.69, 9.17) is 4.42 Å². The predicted octanol–water partition coefficient (Wildman–Crippen LogP) is 3.01. The lowest BCUT2D eigenvalue weighted by atomic mass is 10.0. The Balaban J connectivity index is 1.56. The Hall–Kier alpha value is -0.800. The summed E-state index contributed by atoms with van der Waals surface area (Å²) in [6.07, 6.45) is 6.18. The van der Waals surface area contributed by atoms with Gasteiger partial charge in [0.15, 0.2) is 0 Å². The fraction of sp³-hybridized carbons (Fsp3) is 0.750. The number of furan rings is 1. The highest BCUT2D eigenvalue weighted by Crippen LogP contribution is 2.38. The normalized spacial score (nSPS) is 27.3. The van der Waals surface area contributed by atoms with E-state index in [-0.39, 0.29) is 0 Å². The van der Waals surface area contributed by atoms with Gasteiger partial charge in [-0.25, -0.2) is 0 Å². The second-order valence-electron chi connectivity index (χ2n) is 6.55. The second-order valence-corrected chi connectivity index (χ2v) is 6.55. The summed E-state index contributed by atoms with van der Waals surface area (Å²) in [5, 5.41) is 3.47. The Morgan fingerprint density at radius 3 is 2.74 bits per heavy atom. The van der Waals surface area contributed by atoms with Gasteiger partial charge in [0.2, 0.25) is 0 Å². The molecule has 2 atom stereocenters. The van der Waals surface area contributed by atoms with E-state index in [1.54, 1.807) is 0 Å². The fourth-order valence-corrected chi connectivity index (χ4v) is 3.64. The Kier molecular flexibility index (Phi) is 3.94. The highest BCUT2D eigenvalue weighted by Gasteiger charge is 2.36. The molecule has 3 nitrogen and oxygen atoms in total. The van der Waals surface area contributed by atoms with Gasteiger partial charge in [-0.2, -0.15) is 0 Å². The van der Waals surface area contributed by atoms with Gasteiger partial charge in [-0.05, 0) is 30.7 Å². The van der Waals surface area contributed by atoms with Gasteiger partial charge in [0.25, 0.3) is 0 Å². The molecule has 0 bridgehead atoms. The summed E-state index contributed by atoms with van der Waals surface area (Å²) >= 11 is 0. The molecular weight excluding hydrogens is 236 g/mol. The van der Waals surface area contributed by atoms with Crippen LogP contribution in [-0.2, 0) is 13.1 Å².